The maximum atomic E-state index is 11.2. The molecular formula is C21H28O3. The molecule has 5 atom stereocenters. The molecule has 1 aromatic carbocycles. The minimum atomic E-state index is -0.242. The second-order valence-electron chi connectivity index (χ2n) is 8.22. The number of aryl methyl sites for hydroxylation is 1. The zero-order chi connectivity index (χ0) is 16.9. The molecule has 3 nitrogen and oxygen atoms in total. The van der Waals surface area contributed by atoms with Crippen LogP contribution in [0.1, 0.15) is 63.0 Å². The number of carbonyl (C=O) groups is 1. The molecule has 2 saturated carbocycles. The molecular weight excluding hydrogens is 300 g/mol. The molecule has 3 aliphatic rings. The Morgan fingerprint density at radius 2 is 2.04 bits per heavy atom. The Kier molecular flexibility index (Phi) is 3.95. The van der Waals surface area contributed by atoms with E-state index in [0.29, 0.717) is 23.2 Å². The highest BCUT2D eigenvalue weighted by Crippen LogP contribution is 2.61. The third-order valence-corrected chi connectivity index (χ3v) is 7.16. The molecule has 130 valence electrons. The molecule has 1 aromatic rings. The lowest BCUT2D eigenvalue weighted by molar-refractivity contribution is -0.131. The Bertz CT molecular complexity index is 652. The van der Waals surface area contributed by atoms with Crippen molar-refractivity contribution < 1.29 is 14.3 Å². The number of carbonyl (C=O) groups excluding carboxylic acids is 1. The van der Waals surface area contributed by atoms with Crippen LogP contribution in [0.3, 0.4) is 0 Å². The highest BCUT2D eigenvalue weighted by Gasteiger charge is 2.54. The zero-order valence-corrected chi connectivity index (χ0v) is 15.0. The van der Waals surface area contributed by atoms with Crippen molar-refractivity contribution in [1.29, 1.82) is 0 Å². The summed E-state index contributed by atoms with van der Waals surface area (Å²) >= 11 is 0. The lowest BCUT2D eigenvalue weighted by atomic mass is 9.55. The summed E-state index contributed by atoms with van der Waals surface area (Å²) in [5, 5.41) is 0. The van der Waals surface area contributed by atoms with E-state index in [0.717, 1.165) is 18.3 Å². The summed E-state index contributed by atoms with van der Waals surface area (Å²) in [6.45, 7) is 3.93. The summed E-state index contributed by atoms with van der Waals surface area (Å²) in [5.41, 5.74) is 3.26. The highest BCUT2D eigenvalue weighted by molar-refractivity contribution is 5.69. The van der Waals surface area contributed by atoms with Crippen molar-refractivity contribution in [2.75, 3.05) is 7.11 Å². The van der Waals surface area contributed by atoms with Gasteiger partial charge in [-0.05, 0) is 85.0 Å². The van der Waals surface area contributed by atoms with E-state index in [-0.39, 0.29) is 5.97 Å². The molecule has 0 heterocycles. The average molecular weight is 328 g/mol. The molecule has 0 unspecified atom stereocenters. The Morgan fingerprint density at radius 1 is 1.21 bits per heavy atom. The van der Waals surface area contributed by atoms with Crippen LogP contribution < -0.4 is 4.74 Å². The van der Waals surface area contributed by atoms with Gasteiger partial charge in [0.2, 0.25) is 0 Å². The van der Waals surface area contributed by atoms with Gasteiger partial charge >= 0.3 is 5.97 Å². The van der Waals surface area contributed by atoms with Crippen molar-refractivity contribution in [1.82, 2.24) is 0 Å². The van der Waals surface area contributed by atoms with Crippen molar-refractivity contribution in [3.8, 4) is 5.75 Å². The topological polar surface area (TPSA) is 35.5 Å². The van der Waals surface area contributed by atoms with E-state index in [1.165, 1.54) is 50.2 Å². The van der Waals surface area contributed by atoms with Gasteiger partial charge < -0.3 is 9.47 Å². The summed E-state index contributed by atoms with van der Waals surface area (Å²) < 4.78 is 11.1. The Labute approximate surface area is 144 Å². The number of hydrogen-bond acceptors (Lipinski definition) is 3. The number of esters is 1. The van der Waals surface area contributed by atoms with E-state index >= 15 is 0 Å². The summed E-state index contributed by atoms with van der Waals surface area (Å²) in [7, 11) is 1.89. The van der Waals surface area contributed by atoms with Crippen LogP contribution >= 0.6 is 0 Å². The lowest BCUT2D eigenvalue weighted by Gasteiger charge is -2.50. The highest BCUT2D eigenvalue weighted by atomic mass is 16.5. The van der Waals surface area contributed by atoms with Gasteiger partial charge in [-0.2, -0.15) is 0 Å². The fourth-order valence-corrected chi connectivity index (χ4v) is 6.13. The van der Waals surface area contributed by atoms with Crippen LogP contribution in [0.4, 0.5) is 0 Å². The van der Waals surface area contributed by atoms with Gasteiger partial charge in [-0.15, -0.1) is 0 Å². The molecule has 0 radical (unpaired) electrons. The van der Waals surface area contributed by atoms with Crippen molar-refractivity contribution in [3.05, 3.63) is 29.3 Å². The number of hydrogen-bond donors (Lipinski definition) is 0. The molecule has 3 heteroatoms. The van der Waals surface area contributed by atoms with Gasteiger partial charge in [0.25, 0.3) is 0 Å². The molecule has 0 spiro atoms. The second-order valence-corrected chi connectivity index (χ2v) is 8.22. The van der Waals surface area contributed by atoms with Gasteiger partial charge in [-0.1, -0.05) is 13.0 Å². The fourth-order valence-electron chi connectivity index (χ4n) is 6.13. The number of methoxy groups -OCH3 is 1. The normalized spacial score (nSPS) is 37.3. The van der Waals surface area contributed by atoms with Crippen LogP contribution in [0.25, 0.3) is 0 Å². The van der Waals surface area contributed by atoms with Gasteiger partial charge in [0.1, 0.15) is 5.75 Å². The first-order valence-corrected chi connectivity index (χ1v) is 9.37. The minimum Gasteiger partial charge on any atom is -0.427 e. The Balaban J connectivity index is 1.62. The molecule has 3 aliphatic carbocycles. The third kappa shape index (κ3) is 2.40. The maximum Gasteiger partial charge on any atom is 0.308 e. The van der Waals surface area contributed by atoms with Gasteiger partial charge in [0, 0.05) is 14.0 Å². The van der Waals surface area contributed by atoms with E-state index in [1.807, 2.05) is 13.2 Å². The van der Waals surface area contributed by atoms with Gasteiger partial charge in [0.05, 0.1) is 6.10 Å². The van der Waals surface area contributed by atoms with Crippen LogP contribution in [-0.4, -0.2) is 19.2 Å². The number of ether oxygens (including phenoxy) is 2. The Morgan fingerprint density at radius 3 is 2.79 bits per heavy atom. The van der Waals surface area contributed by atoms with E-state index < -0.39 is 0 Å². The molecule has 0 saturated heterocycles. The van der Waals surface area contributed by atoms with E-state index in [1.54, 1.807) is 0 Å². The first-order chi connectivity index (χ1) is 11.5. The van der Waals surface area contributed by atoms with Crippen molar-refractivity contribution in [3.63, 3.8) is 0 Å². The van der Waals surface area contributed by atoms with Crippen LogP contribution in [0.5, 0.6) is 5.75 Å². The molecule has 0 aliphatic heterocycles. The maximum absolute atomic E-state index is 11.2. The molecule has 2 fully saturated rings. The SMILES string of the molecule is CO[C@H]1CC[C@H]2[C@@H]3CCc4cc(OC(C)=O)ccc4[C@H]3CC[C@]12C. The molecule has 0 aromatic heterocycles. The van der Waals surface area contributed by atoms with Crippen molar-refractivity contribution >= 4 is 5.97 Å². The molecule has 24 heavy (non-hydrogen) atoms. The number of benzene rings is 1. The molecule has 0 N–H and O–H groups in total. The molecule has 0 amide bonds. The van der Waals surface area contributed by atoms with Crippen LogP contribution in [0, 0.1) is 17.3 Å². The second kappa shape index (κ2) is 5.87. The summed E-state index contributed by atoms with van der Waals surface area (Å²) in [5.74, 6) is 2.71. The van der Waals surface area contributed by atoms with Gasteiger partial charge in [0.15, 0.2) is 0 Å². The summed E-state index contributed by atoms with van der Waals surface area (Å²) in [6, 6.07) is 6.28. The third-order valence-electron chi connectivity index (χ3n) is 7.16. The standard InChI is InChI=1S/C21H28O3/c1-13(22)24-15-5-7-16-14(12-15)4-6-18-17(16)10-11-21(2)19(18)8-9-20(21)23-3/h5,7,12,17-20H,4,6,8-11H2,1-3H3/t17-,18-,19+,20+,21+/m1/s1. The predicted molar refractivity (Wildman–Crippen MR) is 93.2 cm³/mol. The summed E-state index contributed by atoms with van der Waals surface area (Å²) in [4.78, 5) is 11.2. The minimum absolute atomic E-state index is 0.242. The number of fused-ring (bicyclic) bond motifs is 5. The number of rotatable bonds is 2. The monoisotopic (exact) mass is 328 g/mol. The lowest BCUT2D eigenvalue weighted by Crippen LogP contribution is -2.44. The fraction of sp³-hybridized carbons (Fsp3) is 0.667. The van der Waals surface area contributed by atoms with Gasteiger partial charge in [-0.25, -0.2) is 0 Å². The first kappa shape index (κ1) is 16.1. The van der Waals surface area contributed by atoms with E-state index in [2.05, 4.69) is 19.1 Å². The summed E-state index contributed by atoms with van der Waals surface area (Å²) in [6.07, 6.45) is 7.88. The molecule has 4 rings (SSSR count). The molecule has 0 bridgehead atoms. The van der Waals surface area contributed by atoms with Crippen molar-refractivity contribution in [2.45, 2.75) is 64.4 Å². The zero-order valence-electron chi connectivity index (χ0n) is 15.0. The van der Waals surface area contributed by atoms with E-state index in [9.17, 15) is 4.79 Å². The first-order valence-electron chi connectivity index (χ1n) is 9.37. The van der Waals surface area contributed by atoms with Crippen LogP contribution in [0.2, 0.25) is 0 Å². The van der Waals surface area contributed by atoms with Crippen LogP contribution in [0.15, 0.2) is 18.2 Å². The largest absolute Gasteiger partial charge is 0.427 e. The van der Waals surface area contributed by atoms with Crippen LogP contribution in [-0.2, 0) is 16.0 Å². The van der Waals surface area contributed by atoms with Gasteiger partial charge in [-0.3, -0.25) is 4.79 Å². The quantitative estimate of drug-likeness (QED) is 0.593. The van der Waals surface area contributed by atoms with E-state index in [4.69, 9.17) is 9.47 Å². The smallest absolute Gasteiger partial charge is 0.308 e. The Hall–Kier alpha value is -1.35. The average Bonchev–Trinajstić information content (AvgIpc) is 2.90. The predicted octanol–water partition coefficient (Wildman–Crippen LogP) is 4.48. The van der Waals surface area contributed by atoms with Crippen molar-refractivity contribution in [2.24, 2.45) is 17.3 Å².